The van der Waals surface area contributed by atoms with Crippen molar-refractivity contribution in [3.8, 4) is 0 Å². The maximum atomic E-state index is 12.6. The Morgan fingerprint density at radius 3 is 2.20 bits per heavy atom. The Morgan fingerprint density at radius 2 is 1.57 bits per heavy atom. The number of hydrogen-bond donors (Lipinski definition) is 2. The highest BCUT2D eigenvalue weighted by atomic mass is 16.7. The summed E-state index contributed by atoms with van der Waals surface area (Å²) in [6.45, 7) is -1.14. The molecule has 0 saturated carbocycles. The molecule has 1 aliphatic heterocycles. The van der Waals surface area contributed by atoms with Crippen LogP contribution in [-0.4, -0.2) is 64.2 Å². The van der Waals surface area contributed by atoms with Crippen molar-refractivity contribution in [3.63, 3.8) is 0 Å². The zero-order valence-corrected chi connectivity index (χ0v) is 21.1. The number of imide groups is 1. The molecule has 4 rings (SSSR count). The molecule has 2 N–H and O–H groups in total. The molecule has 4 amide bonds. The average Bonchev–Trinajstić information content (AvgIpc) is 3.20. The van der Waals surface area contributed by atoms with Gasteiger partial charge in [-0.3, -0.25) is 29.1 Å². The number of carbonyl (C=O) groups is 5. The standard InChI is InChI=1S/C26H23N5O9/c1-38-24(35)19(15-40-31-22(33)17-9-5-6-10-18(17)23(31)34)27-21(32)13-30-12-11-20(28-25(30)36)29-26(37)39-14-16-7-3-2-4-8-16/h2-12,19H,13-15H2,1H3,(H,27,32)(H,28,29,36,37)/t19-/m0/s1. The van der Waals surface area contributed by atoms with E-state index in [4.69, 9.17) is 9.57 Å². The summed E-state index contributed by atoms with van der Waals surface area (Å²) >= 11 is 0. The number of hydrogen-bond acceptors (Lipinski definition) is 10. The van der Waals surface area contributed by atoms with Crippen molar-refractivity contribution in [1.29, 1.82) is 0 Å². The second kappa shape index (κ2) is 12.4. The van der Waals surface area contributed by atoms with Crippen LogP contribution in [-0.2, 0) is 37.1 Å². The lowest BCUT2D eigenvalue weighted by atomic mass is 10.1. The summed E-state index contributed by atoms with van der Waals surface area (Å²) in [7, 11) is 1.08. The zero-order chi connectivity index (χ0) is 28.6. The summed E-state index contributed by atoms with van der Waals surface area (Å²) < 4.78 is 10.7. The van der Waals surface area contributed by atoms with Crippen molar-refractivity contribution < 1.29 is 38.3 Å². The van der Waals surface area contributed by atoms with E-state index < -0.39 is 54.7 Å². The van der Waals surface area contributed by atoms with Crippen LogP contribution in [0.1, 0.15) is 26.3 Å². The number of nitrogens with one attached hydrogen (secondary N) is 2. The highest BCUT2D eigenvalue weighted by Crippen LogP contribution is 2.22. The molecular weight excluding hydrogens is 526 g/mol. The van der Waals surface area contributed by atoms with Crippen LogP contribution >= 0.6 is 0 Å². The molecule has 0 bridgehead atoms. The normalized spacial score (nSPS) is 12.9. The van der Waals surface area contributed by atoms with Gasteiger partial charge in [0.2, 0.25) is 5.91 Å². The number of carbonyl (C=O) groups excluding carboxylic acids is 5. The van der Waals surface area contributed by atoms with E-state index in [1.807, 2.05) is 6.07 Å². The minimum atomic E-state index is -1.41. The van der Waals surface area contributed by atoms with Crippen molar-refractivity contribution in [1.82, 2.24) is 19.9 Å². The number of ether oxygens (including phenoxy) is 2. The molecule has 2 aromatic carbocycles. The van der Waals surface area contributed by atoms with Gasteiger partial charge in [0.1, 0.15) is 25.6 Å². The van der Waals surface area contributed by atoms with Crippen LogP contribution in [0, 0.1) is 0 Å². The van der Waals surface area contributed by atoms with Gasteiger partial charge in [0.15, 0.2) is 6.04 Å². The number of rotatable bonds is 10. The monoisotopic (exact) mass is 549 g/mol. The van der Waals surface area contributed by atoms with E-state index in [1.165, 1.54) is 24.4 Å². The molecule has 14 heteroatoms. The van der Waals surface area contributed by atoms with Crippen LogP contribution in [0.25, 0.3) is 0 Å². The zero-order valence-electron chi connectivity index (χ0n) is 21.1. The number of amides is 4. The van der Waals surface area contributed by atoms with E-state index in [-0.39, 0.29) is 23.6 Å². The summed E-state index contributed by atoms with van der Waals surface area (Å²) in [5.41, 5.74) is 0.181. The highest BCUT2D eigenvalue weighted by Gasteiger charge is 2.37. The number of methoxy groups -OCH3 is 1. The molecule has 40 heavy (non-hydrogen) atoms. The van der Waals surface area contributed by atoms with Crippen molar-refractivity contribution in [2.45, 2.75) is 19.2 Å². The van der Waals surface area contributed by atoms with Gasteiger partial charge < -0.3 is 14.8 Å². The molecule has 0 saturated heterocycles. The van der Waals surface area contributed by atoms with Crippen LogP contribution in [0.5, 0.6) is 0 Å². The molecule has 0 spiro atoms. The fourth-order valence-corrected chi connectivity index (χ4v) is 3.62. The molecule has 0 aliphatic carbocycles. The number of esters is 1. The smallest absolute Gasteiger partial charge is 0.413 e. The lowest BCUT2D eigenvalue weighted by Gasteiger charge is -2.20. The van der Waals surface area contributed by atoms with E-state index in [9.17, 15) is 28.8 Å². The molecule has 14 nitrogen and oxygen atoms in total. The maximum absolute atomic E-state index is 12.6. The summed E-state index contributed by atoms with van der Waals surface area (Å²) in [6.07, 6.45) is 0.384. The Hall–Kier alpha value is -5.37. The third-order valence-corrected chi connectivity index (χ3v) is 5.58. The highest BCUT2D eigenvalue weighted by molar-refractivity contribution is 6.20. The maximum Gasteiger partial charge on any atom is 0.413 e. The first kappa shape index (κ1) is 27.7. The van der Waals surface area contributed by atoms with Crippen molar-refractivity contribution >= 4 is 35.6 Å². The van der Waals surface area contributed by atoms with Gasteiger partial charge in [0.05, 0.1) is 18.2 Å². The summed E-state index contributed by atoms with van der Waals surface area (Å²) in [6, 6.07) is 14.9. The van der Waals surface area contributed by atoms with Gasteiger partial charge in [-0.1, -0.05) is 42.5 Å². The Morgan fingerprint density at radius 1 is 0.925 bits per heavy atom. The molecule has 1 aromatic heterocycles. The quantitative estimate of drug-likeness (QED) is 0.273. The van der Waals surface area contributed by atoms with Gasteiger partial charge in [-0.05, 0) is 23.8 Å². The van der Waals surface area contributed by atoms with Crippen LogP contribution < -0.4 is 16.3 Å². The van der Waals surface area contributed by atoms with Gasteiger partial charge in [-0.25, -0.2) is 14.4 Å². The lowest BCUT2D eigenvalue weighted by molar-refractivity contribution is -0.153. The minimum absolute atomic E-state index is 0.0159. The second-order valence-corrected chi connectivity index (χ2v) is 8.30. The van der Waals surface area contributed by atoms with Crippen LogP contribution in [0.2, 0.25) is 0 Å². The van der Waals surface area contributed by atoms with Crippen molar-refractivity contribution in [2.75, 3.05) is 19.0 Å². The van der Waals surface area contributed by atoms with Gasteiger partial charge in [0.25, 0.3) is 11.8 Å². The number of aromatic nitrogens is 2. The summed E-state index contributed by atoms with van der Waals surface area (Å²) in [5, 5.41) is 5.15. The summed E-state index contributed by atoms with van der Waals surface area (Å²) in [4.78, 5) is 83.0. The third kappa shape index (κ3) is 6.54. The SMILES string of the molecule is COC(=O)[C@H](CON1C(=O)c2ccccc2C1=O)NC(=O)Cn1ccc(NC(=O)OCc2ccccc2)nc1=O. The largest absolute Gasteiger partial charge is 0.467 e. The van der Waals surface area contributed by atoms with E-state index in [0.29, 0.717) is 5.06 Å². The van der Waals surface area contributed by atoms with E-state index in [2.05, 4.69) is 20.4 Å². The molecule has 1 aliphatic rings. The second-order valence-electron chi connectivity index (χ2n) is 8.30. The number of nitrogens with zero attached hydrogens (tertiary/aromatic N) is 3. The summed E-state index contributed by atoms with van der Waals surface area (Å²) in [5.74, 6) is -3.24. The molecule has 0 fully saturated rings. The average molecular weight is 549 g/mol. The minimum Gasteiger partial charge on any atom is -0.467 e. The first-order chi connectivity index (χ1) is 19.3. The Kier molecular flexibility index (Phi) is 8.61. The third-order valence-electron chi connectivity index (χ3n) is 5.58. The fraction of sp³-hybridized carbons (Fsp3) is 0.192. The van der Waals surface area contributed by atoms with Gasteiger partial charge in [-0.15, -0.1) is 5.06 Å². The topological polar surface area (TPSA) is 175 Å². The number of anilines is 1. The number of benzene rings is 2. The molecule has 1 atom stereocenters. The molecule has 206 valence electrons. The molecule has 2 heterocycles. The van der Waals surface area contributed by atoms with E-state index >= 15 is 0 Å². The van der Waals surface area contributed by atoms with Crippen LogP contribution in [0.3, 0.4) is 0 Å². The van der Waals surface area contributed by atoms with Gasteiger partial charge in [0, 0.05) is 6.20 Å². The first-order valence-corrected chi connectivity index (χ1v) is 11.8. The Labute approximate surface area is 226 Å². The first-order valence-electron chi connectivity index (χ1n) is 11.8. The lowest BCUT2D eigenvalue weighted by Crippen LogP contribution is -2.48. The molecular formula is C26H23N5O9. The molecule has 3 aromatic rings. The molecule has 0 radical (unpaired) electrons. The molecule has 0 unspecified atom stereocenters. The predicted molar refractivity (Wildman–Crippen MR) is 136 cm³/mol. The fourth-order valence-electron chi connectivity index (χ4n) is 3.62. The van der Waals surface area contributed by atoms with Crippen molar-refractivity contribution in [2.24, 2.45) is 0 Å². The van der Waals surface area contributed by atoms with E-state index in [0.717, 1.165) is 17.2 Å². The number of fused-ring (bicyclic) bond motifs is 1. The predicted octanol–water partition coefficient (Wildman–Crippen LogP) is 0.878. The Bertz CT molecular complexity index is 1470. The van der Waals surface area contributed by atoms with Gasteiger partial charge >= 0.3 is 17.8 Å². The number of hydroxylamine groups is 2. The van der Waals surface area contributed by atoms with Gasteiger partial charge in [-0.2, -0.15) is 4.98 Å². The Balaban J connectivity index is 1.31. The van der Waals surface area contributed by atoms with Crippen LogP contribution in [0.4, 0.5) is 10.6 Å². The van der Waals surface area contributed by atoms with Crippen molar-refractivity contribution in [3.05, 3.63) is 94.0 Å². The van der Waals surface area contributed by atoms with E-state index in [1.54, 1.807) is 36.4 Å². The van der Waals surface area contributed by atoms with Crippen LogP contribution in [0.15, 0.2) is 71.7 Å².